The van der Waals surface area contributed by atoms with Crippen LogP contribution in [-0.4, -0.2) is 0 Å². The smallest absolute Gasteiger partial charge is 0.00905 e. The Balaban J connectivity index is 2.39. The van der Waals surface area contributed by atoms with Crippen molar-refractivity contribution in [1.82, 2.24) is 0 Å². The summed E-state index contributed by atoms with van der Waals surface area (Å²) < 4.78 is 0. The lowest BCUT2D eigenvalue weighted by Crippen LogP contribution is -1.88. The van der Waals surface area contributed by atoms with E-state index < -0.39 is 0 Å². The van der Waals surface area contributed by atoms with Gasteiger partial charge in [0.25, 0.3) is 0 Å². The highest BCUT2D eigenvalue weighted by Gasteiger charge is 1.95. The van der Waals surface area contributed by atoms with Crippen molar-refractivity contribution in [2.75, 3.05) is 0 Å². The summed E-state index contributed by atoms with van der Waals surface area (Å²) in [4.78, 5) is 0. The van der Waals surface area contributed by atoms with Crippen LogP contribution < -0.4 is 0 Å². The maximum Gasteiger partial charge on any atom is -0.00905 e. The Bertz CT molecular complexity index is 186. The molecule has 0 saturated carbocycles. The molecular formula is C11H14. The van der Waals surface area contributed by atoms with E-state index in [0.29, 0.717) is 5.92 Å². The maximum atomic E-state index is 3.92. The van der Waals surface area contributed by atoms with E-state index in [4.69, 9.17) is 0 Å². The van der Waals surface area contributed by atoms with Crippen LogP contribution in [-0.2, 0) is 0 Å². The van der Waals surface area contributed by atoms with Crippen LogP contribution in [0.25, 0.3) is 0 Å². The average Bonchev–Trinajstić information content (AvgIpc) is 2.03. The zero-order valence-corrected chi connectivity index (χ0v) is 6.96. The molecule has 0 spiro atoms. The molecule has 0 aromatic heterocycles. The standard InChI is InChI=1S/C11H14/c1-10(2)8-9-11-6-4-3-5-7-11/h3-7,9-10H,1,8H2,2H3. The Labute approximate surface area is 69.3 Å². The van der Waals surface area contributed by atoms with Crippen LogP contribution in [0.4, 0.5) is 0 Å². The highest BCUT2D eigenvalue weighted by atomic mass is 14.0. The highest BCUT2D eigenvalue weighted by Crippen LogP contribution is 2.09. The third kappa shape index (κ3) is 3.22. The van der Waals surface area contributed by atoms with Gasteiger partial charge in [-0.05, 0) is 24.3 Å². The van der Waals surface area contributed by atoms with Crippen molar-refractivity contribution in [3.8, 4) is 0 Å². The molecule has 0 heterocycles. The Morgan fingerprint density at radius 2 is 2.00 bits per heavy atom. The van der Waals surface area contributed by atoms with E-state index >= 15 is 0 Å². The van der Waals surface area contributed by atoms with Crippen LogP contribution in [0.5, 0.6) is 0 Å². The van der Waals surface area contributed by atoms with Crippen LogP contribution in [0, 0.1) is 19.3 Å². The average molecular weight is 146 g/mol. The number of benzene rings is 1. The summed E-state index contributed by atoms with van der Waals surface area (Å²) in [6.45, 7) is 6.05. The van der Waals surface area contributed by atoms with E-state index in [0.717, 1.165) is 6.42 Å². The van der Waals surface area contributed by atoms with Crippen LogP contribution in [0.2, 0.25) is 0 Å². The van der Waals surface area contributed by atoms with Crippen molar-refractivity contribution in [3.05, 3.63) is 49.2 Å². The molecule has 0 aliphatic carbocycles. The lowest BCUT2D eigenvalue weighted by Gasteiger charge is -2.02. The first-order valence-corrected chi connectivity index (χ1v) is 4.00. The first kappa shape index (κ1) is 8.32. The van der Waals surface area contributed by atoms with Gasteiger partial charge in [0.1, 0.15) is 0 Å². The Morgan fingerprint density at radius 3 is 2.55 bits per heavy atom. The molecule has 0 bridgehead atoms. The lowest BCUT2D eigenvalue weighted by molar-refractivity contribution is 0.715. The predicted molar refractivity (Wildman–Crippen MR) is 49.0 cm³/mol. The fourth-order valence-corrected chi connectivity index (χ4v) is 0.926. The maximum absolute atomic E-state index is 3.92. The summed E-state index contributed by atoms with van der Waals surface area (Å²) in [5, 5.41) is 0. The van der Waals surface area contributed by atoms with E-state index in [9.17, 15) is 0 Å². The van der Waals surface area contributed by atoms with Crippen molar-refractivity contribution in [3.63, 3.8) is 0 Å². The quantitative estimate of drug-likeness (QED) is 0.614. The molecule has 1 aromatic carbocycles. The second-order valence-electron chi connectivity index (χ2n) is 2.96. The summed E-state index contributed by atoms with van der Waals surface area (Å²) >= 11 is 0. The molecule has 1 atom stereocenters. The van der Waals surface area contributed by atoms with Gasteiger partial charge in [0.2, 0.25) is 0 Å². The largest absolute Gasteiger partial charge is 0.0625 e. The van der Waals surface area contributed by atoms with Gasteiger partial charge in [-0.1, -0.05) is 44.2 Å². The molecular weight excluding hydrogens is 132 g/mol. The molecule has 58 valence electrons. The molecule has 0 saturated heterocycles. The molecule has 0 amide bonds. The summed E-state index contributed by atoms with van der Waals surface area (Å²) in [5.74, 6) is 0.509. The van der Waals surface area contributed by atoms with Gasteiger partial charge in [0, 0.05) is 0 Å². The van der Waals surface area contributed by atoms with Gasteiger partial charge in [-0.2, -0.15) is 0 Å². The molecule has 11 heavy (non-hydrogen) atoms. The molecule has 0 fully saturated rings. The van der Waals surface area contributed by atoms with E-state index in [1.807, 2.05) is 6.07 Å². The first-order valence-electron chi connectivity index (χ1n) is 4.00. The van der Waals surface area contributed by atoms with Crippen LogP contribution in [0.3, 0.4) is 0 Å². The van der Waals surface area contributed by atoms with E-state index in [1.54, 1.807) is 0 Å². The highest BCUT2D eigenvalue weighted by molar-refractivity contribution is 5.22. The van der Waals surface area contributed by atoms with Gasteiger partial charge in [-0.3, -0.25) is 0 Å². The van der Waals surface area contributed by atoms with Crippen molar-refractivity contribution in [2.45, 2.75) is 13.3 Å². The summed E-state index contributed by atoms with van der Waals surface area (Å²) in [7, 11) is 0. The predicted octanol–water partition coefficient (Wildman–Crippen LogP) is 3.10. The zero-order chi connectivity index (χ0) is 8.10. The normalized spacial score (nSPS) is 10.5. The second-order valence-corrected chi connectivity index (χ2v) is 2.96. The fraction of sp³-hybridized carbons (Fsp3) is 0.273. The monoisotopic (exact) mass is 146 g/mol. The van der Waals surface area contributed by atoms with Gasteiger partial charge in [-0.15, -0.1) is 0 Å². The molecule has 2 radical (unpaired) electrons. The second kappa shape index (κ2) is 4.17. The molecule has 1 unspecified atom stereocenters. The topological polar surface area (TPSA) is 0 Å². The number of hydrogen-bond donors (Lipinski definition) is 0. The van der Waals surface area contributed by atoms with E-state index in [1.165, 1.54) is 5.56 Å². The number of rotatable bonds is 3. The Morgan fingerprint density at radius 1 is 1.36 bits per heavy atom. The molecule has 1 aromatic rings. The van der Waals surface area contributed by atoms with Gasteiger partial charge < -0.3 is 0 Å². The van der Waals surface area contributed by atoms with Gasteiger partial charge in [0.15, 0.2) is 0 Å². The van der Waals surface area contributed by atoms with Gasteiger partial charge in [0.05, 0.1) is 0 Å². The van der Waals surface area contributed by atoms with Crippen LogP contribution in [0.1, 0.15) is 18.9 Å². The van der Waals surface area contributed by atoms with Crippen LogP contribution >= 0.6 is 0 Å². The Kier molecular flexibility index (Phi) is 3.15. The van der Waals surface area contributed by atoms with Crippen LogP contribution in [0.15, 0.2) is 30.3 Å². The van der Waals surface area contributed by atoms with Crippen molar-refractivity contribution in [2.24, 2.45) is 5.92 Å². The summed E-state index contributed by atoms with van der Waals surface area (Å²) in [6.07, 6.45) is 3.28. The van der Waals surface area contributed by atoms with E-state index in [-0.39, 0.29) is 0 Å². The molecule has 0 aliphatic rings. The molecule has 0 aliphatic heterocycles. The van der Waals surface area contributed by atoms with Crippen molar-refractivity contribution in [1.29, 1.82) is 0 Å². The summed E-state index contributed by atoms with van der Waals surface area (Å²) in [6, 6.07) is 10.4. The van der Waals surface area contributed by atoms with E-state index in [2.05, 4.69) is 44.5 Å². The lowest BCUT2D eigenvalue weighted by atomic mass is 10.0. The minimum absolute atomic E-state index is 0.509. The third-order valence-electron chi connectivity index (χ3n) is 1.56. The number of hydrogen-bond acceptors (Lipinski definition) is 0. The third-order valence-corrected chi connectivity index (χ3v) is 1.56. The van der Waals surface area contributed by atoms with Crippen molar-refractivity contribution < 1.29 is 0 Å². The molecule has 0 heteroatoms. The molecule has 1 rings (SSSR count). The molecule has 0 N–H and O–H groups in total. The summed E-state index contributed by atoms with van der Waals surface area (Å²) in [5.41, 5.74) is 1.29. The van der Waals surface area contributed by atoms with Gasteiger partial charge in [-0.25, -0.2) is 0 Å². The SMILES string of the molecule is [CH2]C(C)C[CH]c1ccccc1. The minimum atomic E-state index is 0.509. The van der Waals surface area contributed by atoms with Crippen molar-refractivity contribution >= 4 is 0 Å². The first-order chi connectivity index (χ1) is 5.29. The molecule has 0 nitrogen and oxygen atoms in total. The van der Waals surface area contributed by atoms with Gasteiger partial charge >= 0.3 is 0 Å². The Hall–Kier alpha value is -0.780. The fourth-order valence-electron chi connectivity index (χ4n) is 0.926. The zero-order valence-electron chi connectivity index (χ0n) is 6.96. The minimum Gasteiger partial charge on any atom is -0.0625 e.